The first kappa shape index (κ1) is 28.4. The lowest BCUT2D eigenvalue weighted by Crippen LogP contribution is -2.43. The number of thiazole rings is 1. The fraction of sp³-hybridized carbons (Fsp3) is 0.294. The first-order valence-corrected chi connectivity index (χ1v) is 15.7. The molecule has 7 rings (SSSR count). The van der Waals surface area contributed by atoms with Gasteiger partial charge in [-0.15, -0.1) is 0 Å². The van der Waals surface area contributed by atoms with Crippen molar-refractivity contribution in [3.63, 3.8) is 0 Å². The van der Waals surface area contributed by atoms with Crippen LogP contribution in [0.4, 0.5) is 4.79 Å². The number of H-pyrrole nitrogens is 1. The number of aromatic hydroxyl groups is 1. The highest BCUT2D eigenvalue weighted by atomic mass is 32.1. The predicted molar refractivity (Wildman–Crippen MR) is 171 cm³/mol. The number of hydrogen-bond donors (Lipinski definition) is 2. The number of phenolic OH excluding ortho intramolecular Hbond substituents is 1. The molecule has 2 aliphatic heterocycles. The molecule has 9 nitrogen and oxygen atoms in total. The van der Waals surface area contributed by atoms with Crippen molar-refractivity contribution in [3.05, 3.63) is 100 Å². The quantitative estimate of drug-likeness (QED) is 0.233. The van der Waals surface area contributed by atoms with Crippen molar-refractivity contribution in [2.24, 2.45) is 0 Å². The van der Waals surface area contributed by atoms with Crippen LogP contribution in [0.5, 0.6) is 22.4 Å². The fourth-order valence-corrected chi connectivity index (χ4v) is 6.89. The molecule has 0 radical (unpaired) electrons. The average molecular weight is 610 g/mol. The van der Waals surface area contributed by atoms with E-state index in [1.54, 1.807) is 28.4 Å². The minimum Gasteiger partial charge on any atom is -0.508 e. The van der Waals surface area contributed by atoms with Crippen molar-refractivity contribution in [3.8, 4) is 22.4 Å². The molecule has 1 amide bonds. The van der Waals surface area contributed by atoms with Crippen LogP contribution in [0.3, 0.4) is 0 Å². The van der Waals surface area contributed by atoms with Crippen LogP contribution in [0.1, 0.15) is 33.3 Å². The number of aryl methyl sites for hydroxylation is 1. The first-order valence-electron chi connectivity index (χ1n) is 14.9. The Kier molecular flexibility index (Phi) is 7.71. The topological polar surface area (TPSA) is 94.2 Å². The summed E-state index contributed by atoms with van der Waals surface area (Å²) in [7, 11) is 2.16. The first-order chi connectivity index (χ1) is 21.4. The summed E-state index contributed by atoms with van der Waals surface area (Å²) in [4.78, 5) is 29.5. The maximum atomic E-state index is 13.6. The largest absolute Gasteiger partial charge is 0.508 e. The number of phenols is 1. The Morgan fingerprint density at radius 3 is 2.52 bits per heavy atom. The minimum atomic E-state index is -0.447. The van der Waals surface area contributed by atoms with Gasteiger partial charge in [-0.3, -0.25) is 9.80 Å². The summed E-state index contributed by atoms with van der Waals surface area (Å²) in [6, 6.07) is 20.1. The van der Waals surface area contributed by atoms with Gasteiger partial charge in [0, 0.05) is 66.9 Å². The van der Waals surface area contributed by atoms with Gasteiger partial charge in [-0.25, -0.2) is 9.78 Å². The van der Waals surface area contributed by atoms with Crippen molar-refractivity contribution in [1.29, 1.82) is 0 Å². The summed E-state index contributed by atoms with van der Waals surface area (Å²) < 4.78 is 11.9. The van der Waals surface area contributed by atoms with E-state index in [2.05, 4.69) is 51.9 Å². The number of piperazine rings is 1. The average Bonchev–Trinajstić information content (AvgIpc) is 3.63. The van der Waals surface area contributed by atoms with Crippen LogP contribution in [0, 0.1) is 6.92 Å². The van der Waals surface area contributed by atoms with Crippen molar-refractivity contribution in [2.45, 2.75) is 25.9 Å². The van der Waals surface area contributed by atoms with E-state index in [0.717, 1.165) is 49.5 Å². The van der Waals surface area contributed by atoms with E-state index < -0.39 is 6.09 Å². The highest BCUT2D eigenvalue weighted by molar-refractivity contribution is 7.13. The molecular formula is C34H35N5O4S. The van der Waals surface area contributed by atoms with Crippen molar-refractivity contribution < 1.29 is 19.4 Å². The van der Waals surface area contributed by atoms with Gasteiger partial charge in [0.2, 0.25) is 0 Å². The highest BCUT2D eigenvalue weighted by Gasteiger charge is 2.36. The molecule has 0 spiro atoms. The summed E-state index contributed by atoms with van der Waals surface area (Å²) in [5.41, 5.74) is 5.40. The molecule has 0 aliphatic carbocycles. The molecule has 2 aliphatic rings. The Hall–Kier alpha value is -4.38. The number of fused-ring (bicyclic) bond motifs is 3. The number of aromatic nitrogens is 2. The number of benzene rings is 3. The monoisotopic (exact) mass is 609 g/mol. The zero-order valence-corrected chi connectivity index (χ0v) is 25.6. The van der Waals surface area contributed by atoms with E-state index in [9.17, 15) is 9.90 Å². The van der Waals surface area contributed by atoms with Crippen LogP contribution in [0.2, 0.25) is 0 Å². The van der Waals surface area contributed by atoms with Gasteiger partial charge in [-0.05, 0) is 80.1 Å². The number of aromatic amines is 1. The second-order valence-electron chi connectivity index (χ2n) is 11.6. The van der Waals surface area contributed by atoms with E-state index >= 15 is 0 Å². The van der Waals surface area contributed by atoms with Gasteiger partial charge in [0.15, 0.2) is 0 Å². The number of rotatable bonds is 6. The molecule has 2 N–H and O–H groups in total. The molecule has 1 fully saturated rings. The molecule has 10 heteroatoms. The van der Waals surface area contributed by atoms with E-state index in [0.29, 0.717) is 29.7 Å². The molecule has 0 bridgehead atoms. The van der Waals surface area contributed by atoms with E-state index in [1.165, 1.54) is 33.5 Å². The molecule has 5 aromatic rings. The summed E-state index contributed by atoms with van der Waals surface area (Å²) in [5, 5.41) is 11.5. The summed E-state index contributed by atoms with van der Waals surface area (Å²) in [5.74, 6) is 1.18. The number of carbonyl (C=O) groups excluding carboxylic acids is 1. The lowest BCUT2D eigenvalue weighted by atomic mass is 9.92. The highest BCUT2D eigenvalue weighted by Crippen LogP contribution is 2.40. The lowest BCUT2D eigenvalue weighted by molar-refractivity contribution is 0.135. The number of amides is 1. The number of nitrogens with one attached hydrogen (secondary N) is 1. The number of ether oxygens (including phenoxy) is 2. The van der Waals surface area contributed by atoms with Crippen molar-refractivity contribution in [2.75, 3.05) is 39.8 Å². The molecular weight excluding hydrogens is 574 g/mol. The molecule has 1 unspecified atom stereocenters. The van der Waals surface area contributed by atoms with Crippen LogP contribution in [0.25, 0.3) is 10.9 Å². The van der Waals surface area contributed by atoms with Gasteiger partial charge >= 0.3 is 6.09 Å². The number of nitrogens with zero attached hydrogens (tertiary/aromatic N) is 4. The SMILES string of the molecule is Cc1ccc2[nH]c3c(c2c1)CCN(C(=O)Oc1ccc(O)cc1)C3c1ccc(Oc2ncc(CN3CCN(C)CC3)s2)cc1. The predicted octanol–water partition coefficient (Wildman–Crippen LogP) is 6.32. The number of hydrogen-bond acceptors (Lipinski definition) is 8. The molecule has 226 valence electrons. The normalized spacial score (nSPS) is 17.5. The molecule has 44 heavy (non-hydrogen) atoms. The molecule has 4 heterocycles. The maximum Gasteiger partial charge on any atom is 0.416 e. The Labute approximate surface area is 260 Å². The smallest absolute Gasteiger partial charge is 0.416 e. The van der Waals surface area contributed by atoms with Crippen LogP contribution < -0.4 is 9.47 Å². The Morgan fingerprint density at radius 1 is 1.00 bits per heavy atom. The van der Waals surface area contributed by atoms with E-state index in [4.69, 9.17) is 9.47 Å². The second-order valence-corrected chi connectivity index (χ2v) is 12.7. The Balaban J connectivity index is 1.13. The van der Waals surface area contributed by atoms with Gasteiger partial charge in [0.1, 0.15) is 23.3 Å². The summed E-state index contributed by atoms with van der Waals surface area (Å²) >= 11 is 1.58. The third-order valence-corrected chi connectivity index (χ3v) is 9.33. The summed E-state index contributed by atoms with van der Waals surface area (Å²) in [6.45, 7) is 7.77. The third-order valence-electron chi connectivity index (χ3n) is 8.47. The van der Waals surface area contributed by atoms with Crippen LogP contribution >= 0.6 is 11.3 Å². The maximum absolute atomic E-state index is 13.6. The minimum absolute atomic E-state index is 0.116. The number of carbonyl (C=O) groups is 1. The molecule has 0 saturated carbocycles. The third kappa shape index (κ3) is 5.88. The van der Waals surface area contributed by atoms with Gasteiger partial charge in [0.25, 0.3) is 5.19 Å². The van der Waals surface area contributed by atoms with Crippen LogP contribution in [0.15, 0.2) is 72.9 Å². The Morgan fingerprint density at radius 2 is 1.75 bits per heavy atom. The molecule has 1 atom stereocenters. The molecule has 3 aromatic carbocycles. The van der Waals surface area contributed by atoms with E-state index in [1.807, 2.05) is 30.5 Å². The standard InChI is InChI=1S/C34H35N5O4S/c1-22-3-12-30-29(19-22)28-13-14-39(34(41)43-26-10-6-24(40)7-11-26)32(31(28)36-30)23-4-8-25(9-5-23)42-33-35-20-27(44-33)21-38-17-15-37(2)16-18-38/h3-12,19-20,32,36,40H,13-18,21H2,1-2H3. The second kappa shape index (κ2) is 12.0. The van der Waals surface area contributed by atoms with Crippen LogP contribution in [-0.4, -0.2) is 75.6 Å². The zero-order valence-electron chi connectivity index (χ0n) is 24.8. The van der Waals surface area contributed by atoms with Crippen molar-refractivity contribution >= 4 is 28.3 Å². The van der Waals surface area contributed by atoms with Gasteiger partial charge in [0.05, 0.1) is 0 Å². The van der Waals surface area contributed by atoms with Crippen molar-refractivity contribution in [1.82, 2.24) is 24.7 Å². The zero-order chi connectivity index (χ0) is 30.2. The summed E-state index contributed by atoms with van der Waals surface area (Å²) in [6.07, 6.45) is 2.17. The van der Waals surface area contributed by atoms with Gasteiger partial charge in [-0.2, -0.15) is 0 Å². The van der Waals surface area contributed by atoms with Crippen LogP contribution in [-0.2, 0) is 13.0 Å². The fourth-order valence-electron chi connectivity index (χ4n) is 6.07. The number of likely N-dealkylation sites (N-methyl/N-ethyl adjacent to an activating group) is 1. The molecule has 2 aromatic heterocycles. The van der Waals surface area contributed by atoms with Gasteiger partial charge < -0.3 is 24.5 Å². The van der Waals surface area contributed by atoms with E-state index in [-0.39, 0.29) is 11.8 Å². The molecule has 1 saturated heterocycles. The van der Waals surface area contributed by atoms with Gasteiger partial charge in [-0.1, -0.05) is 35.1 Å². The Bertz CT molecular complexity index is 1770. The lowest BCUT2D eigenvalue weighted by Gasteiger charge is -2.35.